The number of rotatable bonds is 2. The number of amides is 2. The molecule has 3 heterocycles. The van der Waals surface area contributed by atoms with Crippen molar-refractivity contribution in [3.8, 4) is 0 Å². The third-order valence-corrected chi connectivity index (χ3v) is 6.91. The molecule has 2 N–H and O–H groups in total. The van der Waals surface area contributed by atoms with Gasteiger partial charge in [-0.05, 0) is 55.7 Å². The highest BCUT2D eigenvalue weighted by atomic mass is 35.5. The van der Waals surface area contributed by atoms with Crippen LogP contribution in [-0.2, 0) is 22.4 Å². The van der Waals surface area contributed by atoms with Crippen LogP contribution in [0.25, 0.3) is 0 Å². The molecule has 4 aliphatic rings. The Labute approximate surface area is 166 Å². The van der Waals surface area contributed by atoms with Gasteiger partial charge in [0.1, 0.15) is 6.04 Å². The molecule has 1 aliphatic carbocycles. The fourth-order valence-corrected chi connectivity index (χ4v) is 5.80. The fourth-order valence-electron chi connectivity index (χ4n) is 5.80. The Morgan fingerprint density at radius 1 is 1.11 bits per heavy atom. The van der Waals surface area contributed by atoms with Crippen LogP contribution < -0.4 is 10.6 Å². The van der Waals surface area contributed by atoms with E-state index in [1.165, 1.54) is 11.1 Å². The molecule has 1 aromatic carbocycles. The van der Waals surface area contributed by atoms with Crippen molar-refractivity contribution >= 4 is 24.2 Å². The SMILES string of the molecule is Cl.O=C(NC1Cc2ccccc2C1)[C@H]1[C@@H]2CNC[C@@H](C2)[C@@H]2CCCC(=O)N21. The zero-order chi connectivity index (χ0) is 17.7. The van der Waals surface area contributed by atoms with E-state index in [1.807, 2.05) is 4.90 Å². The smallest absolute Gasteiger partial charge is 0.243 e. The molecule has 6 heteroatoms. The summed E-state index contributed by atoms with van der Waals surface area (Å²) in [6, 6.07) is 8.55. The number of piperidine rings is 3. The van der Waals surface area contributed by atoms with Gasteiger partial charge in [0.2, 0.25) is 11.8 Å². The first-order valence-corrected chi connectivity index (χ1v) is 10.1. The lowest BCUT2D eigenvalue weighted by Gasteiger charge is -2.54. The standard InChI is InChI=1S/C21H27N3O2.ClH/c25-19-7-3-6-18-15-8-16(12-22-11-15)20(24(18)19)21(26)23-17-9-13-4-1-2-5-14(13)10-17;/h1-2,4-5,15-18,20,22H,3,6-12H2,(H,23,26);1H/t15-,16+,18+,20-;/m1./s1. The van der Waals surface area contributed by atoms with Crippen LogP contribution in [0.3, 0.4) is 0 Å². The summed E-state index contributed by atoms with van der Waals surface area (Å²) in [5.41, 5.74) is 2.68. The van der Waals surface area contributed by atoms with E-state index >= 15 is 0 Å². The summed E-state index contributed by atoms with van der Waals surface area (Å²) in [6.45, 7) is 1.83. The number of nitrogens with zero attached hydrogens (tertiary/aromatic N) is 1. The van der Waals surface area contributed by atoms with Crippen molar-refractivity contribution in [2.24, 2.45) is 11.8 Å². The lowest BCUT2D eigenvalue weighted by atomic mass is 9.72. The van der Waals surface area contributed by atoms with E-state index in [9.17, 15) is 9.59 Å². The highest BCUT2D eigenvalue weighted by Crippen LogP contribution is 2.39. The number of fused-ring (bicyclic) bond motifs is 5. The Bertz CT molecular complexity index is 715. The van der Waals surface area contributed by atoms with Crippen molar-refractivity contribution in [3.63, 3.8) is 0 Å². The van der Waals surface area contributed by atoms with Gasteiger partial charge >= 0.3 is 0 Å². The van der Waals surface area contributed by atoms with E-state index in [-0.39, 0.29) is 48.3 Å². The molecule has 0 radical (unpaired) electrons. The normalized spacial score (nSPS) is 32.3. The molecule has 146 valence electrons. The number of nitrogens with one attached hydrogen (secondary N) is 2. The van der Waals surface area contributed by atoms with E-state index < -0.39 is 0 Å². The Balaban J connectivity index is 0.00000180. The van der Waals surface area contributed by atoms with Gasteiger partial charge in [0.25, 0.3) is 0 Å². The minimum atomic E-state index is -0.291. The van der Waals surface area contributed by atoms with Crippen LogP contribution in [-0.4, -0.2) is 47.9 Å². The summed E-state index contributed by atoms with van der Waals surface area (Å²) < 4.78 is 0. The Kier molecular flexibility index (Phi) is 5.17. The van der Waals surface area contributed by atoms with E-state index in [0.29, 0.717) is 12.3 Å². The molecule has 27 heavy (non-hydrogen) atoms. The Hall–Kier alpha value is -1.59. The highest BCUT2D eigenvalue weighted by molar-refractivity contribution is 5.89. The lowest BCUT2D eigenvalue weighted by Crippen LogP contribution is -2.68. The molecule has 2 amide bonds. The molecule has 0 saturated carbocycles. The third-order valence-electron chi connectivity index (χ3n) is 6.91. The average molecular weight is 390 g/mol. The molecule has 4 atom stereocenters. The van der Waals surface area contributed by atoms with E-state index in [2.05, 4.69) is 34.9 Å². The summed E-state index contributed by atoms with van der Waals surface area (Å²) in [5.74, 6) is 1.01. The van der Waals surface area contributed by atoms with Gasteiger partial charge in [0.15, 0.2) is 0 Å². The van der Waals surface area contributed by atoms with Crippen LogP contribution in [0, 0.1) is 11.8 Å². The van der Waals surface area contributed by atoms with E-state index in [4.69, 9.17) is 0 Å². The van der Waals surface area contributed by atoms with Crippen molar-refractivity contribution in [3.05, 3.63) is 35.4 Å². The summed E-state index contributed by atoms with van der Waals surface area (Å²) in [6.07, 6.45) is 5.48. The summed E-state index contributed by atoms with van der Waals surface area (Å²) >= 11 is 0. The molecular weight excluding hydrogens is 362 g/mol. The first-order valence-electron chi connectivity index (χ1n) is 10.1. The summed E-state index contributed by atoms with van der Waals surface area (Å²) in [4.78, 5) is 28.0. The molecule has 0 spiro atoms. The second kappa shape index (κ2) is 7.44. The lowest BCUT2D eigenvalue weighted by molar-refractivity contribution is -0.157. The molecule has 3 saturated heterocycles. The maximum atomic E-state index is 13.3. The number of hydrogen-bond donors (Lipinski definition) is 2. The topological polar surface area (TPSA) is 61.4 Å². The first-order chi connectivity index (χ1) is 12.7. The quantitative estimate of drug-likeness (QED) is 0.809. The van der Waals surface area contributed by atoms with Crippen LogP contribution in [0.2, 0.25) is 0 Å². The van der Waals surface area contributed by atoms with Gasteiger partial charge in [-0.3, -0.25) is 9.59 Å². The van der Waals surface area contributed by atoms with Gasteiger partial charge in [-0.2, -0.15) is 0 Å². The zero-order valence-electron chi connectivity index (χ0n) is 15.5. The van der Waals surface area contributed by atoms with Crippen LogP contribution in [0.5, 0.6) is 0 Å². The third kappa shape index (κ3) is 3.25. The van der Waals surface area contributed by atoms with Crippen LogP contribution >= 0.6 is 12.4 Å². The molecule has 3 fully saturated rings. The second-order valence-corrected chi connectivity index (χ2v) is 8.50. The number of carbonyl (C=O) groups excluding carboxylic acids is 2. The molecule has 3 aliphatic heterocycles. The van der Waals surface area contributed by atoms with Gasteiger partial charge in [-0.25, -0.2) is 0 Å². The summed E-state index contributed by atoms with van der Waals surface area (Å²) in [7, 11) is 0. The first kappa shape index (κ1) is 18.8. The van der Waals surface area contributed by atoms with E-state index in [1.54, 1.807) is 0 Å². The van der Waals surface area contributed by atoms with Crippen LogP contribution in [0.1, 0.15) is 36.8 Å². The van der Waals surface area contributed by atoms with Gasteiger partial charge in [-0.15, -0.1) is 12.4 Å². The molecule has 5 nitrogen and oxygen atoms in total. The van der Waals surface area contributed by atoms with Crippen molar-refractivity contribution in [2.75, 3.05) is 13.1 Å². The second-order valence-electron chi connectivity index (χ2n) is 8.50. The Morgan fingerprint density at radius 3 is 2.56 bits per heavy atom. The monoisotopic (exact) mass is 389 g/mol. The Morgan fingerprint density at radius 2 is 1.81 bits per heavy atom. The van der Waals surface area contributed by atoms with Crippen molar-refractivity contribution in [1.82, 2.24) is 15.5 Å². The molecule has 0 aromatic heterocycles. The van der Waals surface area contributed by atoms with Crippen LogP contribution in [0.15, 0.2) is 24.3 Å². The average Bonchev–Trinajstić information content (AvgIpc) is 3.05. The van der Waals surface area contributed by atoms with Crippen LogP contribution in [0.4, 0.5) is 0 Å². The minimum Gasteiger partial charge on any atom is -0.351 e. The summed E-state index contributed by atoms with van der Waals surface area (Å²) in [5, 5.41) is 6.80. The van der Waals surface area contributed by atoms with Gasteiger partial charge in [-0.1, -0.05) is 24.3 Å². The predicted octanol–water partition coefficient (Wildman–Crippen LogP) is 1.68. The molecular formula is C21H28ClN3O2. The van der Waals surface area contributed by atoms with E-state index in [0.717, 1.165) is 45.2 Å². The molecule has 1 aromatic rings. The van der Waals surface area contributed by atoms with Crippen molar-refractivity contribution < 1.29 is 9.59 Å². The van der Waals surface area contributed by atoms with Crippen molar-refractivity contribution in [1.29, 1.82) is 0 Å². The number of hydrogen-bond acceptors (Lipinski definition) is 3. The fraction of sp³-hybridized carbons (Fsp3) is 0.619. The zero-order valence-corrected chi connectivity index (χ0v) is 16.3. The minimum absolute atomic E-state index is 0. The number of carbonyl (C=O) groups is 2. The number of benzene rings is 1. The molecule has 5 rings (SSSR count). The van der Waals surface area contributed by atoms with Gasteiger partial charge < -0.3 is 15.5 Å². The molecule has 2 bridgehead atoms. The maximum absolute atomic E-state index is 13.3. The van der Waals surface area contributed by atoms with Gasteiger partial charge in [0, 0.05) is 31.0 Å². The largest absolute Gasteiger partial charge is 0.351 e. The van der Waals surface area contributed by atoms with Crippen molar-refractivity contribution in [2.45, 2.75) is 56.7 Å². The highest BCUT2D eigenvalue weighted by Gasteiger charge is 2.50. The predicted molar refractivity (Wildman–Crippen MR) is 106 cm³/mol. The maximum Gasteiger partial charge on any atom is 0.243 e. The van der Waals surface area contributed by atoms with Gasteiger partial charge in [0.05, 0.1) is 0 Å². The number of halogens is 1. The molecule has 0 unspecified atom stereocenters.